The molecule has 190 valence electrons. The van der Waals surface area contributed by atoms with E-state index >= 15 is 0 Å². The van der Waals surface area contributed by atoms with E-state index in [0.717, 1.165) is 97.2 Å². The van der Waals surface area contributed by atoms with Crippen LogP contribution in [0.3, 0.4) is 0 Å². The zero-order valence-electron chi connectivity index (χ0n) is 20.6. The Morgan fingerprint density at radius 3 is 2.15 bits per heavy atom. The molecule has 4 aliphatic heterocycles. The molecular formula is C24H45IN6O2. The van der Waals surface area contributed by atoms with Gasteiger partial charge in [-0.05, 0) is 65.0 Å². The van der Waals surface area contributed by atoms with Gasteiger partial charge >= 0.3 is 0 Å². The number of halogens is 1. The first-order valence-corrected chi connectivity index (χ1v) is 13.1. The Bertz CT molecular complexity index is 622. The highest BCUT2D eigenvalue weighted by molar-refractivity contribution is 14.0. The Kier molecular flexibility index (Phi) is 11.0. The summed E-state index contributed by atoms with van der Waals surface area (Å²) in [5, 5.41) is 3.54. The van der Waals surface area contributed by atoms with Crippen LogP contribution < -0.4 is 5.32 Å². The lowest BCUT2D eigenvalue weighted by Crippen LogP contribution is -2.56. The van der Waals surface area contributed by atoms with Gasteiger partial charge in [0.05, 0.1) is 13.1 Å². The van der Waals surface area contributed by atoms with Gasteiger partial charge in [0.1, 0.15) is 0 Å². The molecule has 0 unspecified atom stereocenters. The number of likely N-dealkylation sites (tertiary alicyclic amines) is 2. The maximum atomic E-state index is 12.6. The summed E-state index contributed by atoms with van der Waals surface area (Å²) in [5.41, 5.74) is 0.165. The lowest BCUT2D eigenvalue weighted by atomic mass is 9.88. The third-order valence-corrected chi connectivity index (χ3v) is 7.80. The van der Waals surface area contributed by atoms with Gasteiger partial charge in [-0.1, -0.05) is 0 Å². The number of ether oxygens (including phenoxy) is 1. The molecule has 0 bridgehead atoms. The van der Waals surface area contributed by atoms with Gasteiger partial charge in [-0.25, -0.2) is 0 Å². The Balaban J connectivity index is 0.00000306. The number of piperidine rings is 1. The zero-order chi connectivity index (χ0) is 22.2. The quantitative estimate of drug-likeness (QED) is 0.296. The molecule has 4 saturated heterocycles. The second kappa shape index (κ2) is 13.4. The minimum atomic E-state index is 0. The number of carbonyl (C=O) groups excluding carboxylic acids is 1. The summed E-state index contributed by atoms with van der Waals surface area (Å²) in [7, 11) is 0. The number of rotatable bonds is 6. The Hall–Kier alpha value is -0.650. The van der Waals surface area contributed by atoms with Crippen molar-refractivity contribution in [2.45, 2.75) is 57.4 Å². The second-order valence-electron chi connectivity index (χ2n) is 9.91. The Morgan fingerprint density at radius 1 is 0.879 bits per heavy atom. The molecule has 4 rings (SSSR count). The topological polar surface area (TPSA) is 63.7 Å². The molecule has 0 aromatic rings. The van der Waals surface area contributed by atoms with Crippen LogP contribution in [0.5, 0.6) is 0 Å². The van der Waals surface area contributed by atoms with E-state index in [1.165, 1.54) is 32.4 Å². The molecule has 8 nitrogen and oxygen atoms in total. The molecule has 1 amide bonds. The van der Waals surface area contributed by atoms with Crippen molar-refractivity contribution < 1.29 is 9.53 Å². The highest BCUT2D eigenvalue weighted by atomic mass is 127. The van der Waals surface area contributed by atoms with Crippen molar-refractivity contribution in [3.63, 3.8) is 0 Å². The molecule has 0 aliphatic carbocycles. The molecule has 0 saturated carbocycles. The highest BCUT2D eigenvalue weighted by Gasteiger charge is 2.39. The van der Waals surface area contributed by atoms with Crippen molar-refractivity contribution in [1.29, 1.82) is 0 Å². The smallest absolute Gasteiger partial charge is 0.236 e. The first-order chi connectivity index (χ1) is 15.7. The zero-order valence-corrected chi connectivity index (χ0v) is 22.9. The first-order valence-electron chi connectivity index (χ1n) is 13.1. The van der Waals surface area contributed by atoms with E-state index in [9.17, 15) is 4.79 Å². The van der Waals surface area contributed by atoms with E-state index in [4.69, 9.17) is 9.73 Å². The predicted molar refractivity (Wildman–Crippen MR) is 143 cm³/mol. The van der Waals surface area contributed by atoms with Crippen LogP contribution in [-0.2, 0) is 9.53 Å². The van der Waals surface area contributed by atoms with Gasteiger partial charge in [-0.2, -0.15) is 0 Å². The highest BCUT2D eigenvalue weighted by Crippen LogP contribution is 2.31. The number of amides is 1. The average Bonchev–Trinajstić information content (AvgIpc) is 3.39. The van der Waals surface area contributed by atoms with Crippen LogP contribution in [0.2, 0.25) is 0 Å². The van der Waals surface area contributed by atoms with Crippen molar-refractivity contribution in [1.82, 2.24) is 24.9 Å². The fraction of sp³-hybridized carbons (Fsp3) is 0.917. The van der Waals surface area contributed by atoms with Crippen molar-refractivity contribution in [3.8, 4) is 0 Å². The summed E-state index contributed by atoms with van der Waals surface area (Å²) in [4.78, 5) is 27.3. The molecule has 0 radical (unpaired) electrons. The lowest BCUT2D eigenvalue weighted by Gasteiger charge is -2.44. The molecule has 4 fully saturated rings. The van der Waals surface area contributed by atoms with Crippen molar-refractivity contribution >= 4 is 35.8 Å². The van der Waals surface area contributed by atoms with E-state index < -0.39 is 0 Å². The molecule has 4 aliphatic rings. The second-order valence-corrected chi connectivity index (χ2v) is 9.91. The van der Waals surface area contributed by atoms with Crippen LogP contribution in [-0.4, -0.2) is 122 Å². The van der Waals surface area contributed by atoms with Gasteiger partial charge in [0.2, 0.25) is 5.91 Å². The van der Waals surface area contributed by atoms with E-state index in [2.05, 4.69) is 31.8 Å². The van der Waals surface area contributed by atoms with Crippen LogP contribution in [0.25, 0.3) is 0 Å². The van der Waals surface area contributed by atoms with Crippen molar-refractivity contribution in [2.24, 2.45) is 4.99 Å². The van der Waals surface area contributed by atoms with Crippen LogP contribution in [0.15, 0.2) is 4.99 Å². The van der Waals surface area contributed by atoms with Gasteiger partial charge < -0.3 is 19.9 Å². The van der Waals surface area contributed by atoms with Gasteiger partial charge in [0.25, 0.3) is 0 Å². The van der Waals surface area contributed by atoms with Crippen LogP contribution in [0, 0.1) is 0 Å². The van der Waals surface area contributed by atoms with Gasteiger partial charge in [0.15, 0.2) is 5.96 Å². The molecule has 1 N–H and O–H groups in total. The summed E-state index contributed by atoms with van der Waals surface area (Å²) in [6.07, 6.45) is 8.38. The summed E-state index contributed by atoms with van der Waals surface area (Å²) in [6, 6.07) is 0. The predicted octanol–water partition coefficient (Wildman–Crippen LogP) is 1.85. The number of nitrogens with one attached hydrogen (secondary N) is 1. The number of nitrogens with zero attached hydrogens (tertiary/aromatic N) is 5. The number of carbonyl (C=O) groups is 1. The van der Waals surface area contributed by atoms with Crippen molar-refractivity contribution in [3.05, 3.63) is 0 Å². The molecule has 0 aromatic heterocycles. The number of aliphatic imine (C=N–C) groups is 1. The SMILES string of the molecule is CCNC(=NCC1(N2CCCC2)CCOCC1)N1CCN(CC(=O)N2CCCCC2)CC1.I. The molecule has 4 heterocycles. The van der Waals surface area contributed by atoms with E-state index in [1.54, 1.807) is 0 Å². The minimum Gasteiger partial charge on any atom is -0.381 e. The van der Waals surface area contributed by atoms with Crippen LogP contribution in [0.4, 0.5) is 0 Å². The van der Waals surface area contributed by atoms with E-state index in [0.29, 0.717) is 12.5 Å². The molecule has 0 atom stereocenters. The molecular weight excluding hydrogens is 531 g/mol. The Labute approximate surface area is 217 Å². The van der Waals surface area contributed by atoms with Gasteiger partial charge in [-0.3, -0.25) is 19.6 Å². The standard InChI is InChI=1S/C24H44N6O2.HI/c1-2-25-23(26-21-24(8-18-32-19-9-24)30-12-6-7-13-30)29-16-14-27(15-17-29)20-22(31)28-10-4-3-5-11-28;/h2-21H2,1H3,(H,25,26);1H. The number of hydrogen-bond acceptors (Lipinski definition) is 5. The maximum Gasteiger partial charge on any atom is 0.236 e. The first kappa shape index (κ1) is 26.9. The molecule has 0 aromatic carbocycles. The summed E-state index contributed by atoms with van der Waals surface area (Å²) in [6.45, 7) is 14.2. The molecule has 33 heavy (non-hydrogen) atoms. The normalized spacial score (nSPS) is 25.1. The lowest BCUT2D eigenvalue weighted by molar-refractivity contribution is -0.133. The Morgan fingerprint density at radius 2 is 1.52 bits per heavy atom. The maximum absolute atomic E-state index is 12.6. The fourth-order valence-corrected chi connectivity index (χ4v) is 5.72. The summed E-state index contributed by atoms with van der Waals surface area (Å²) >= 11 is 0. The van der Waals surface area contributed by atoms with Crippen molar-refractivity contribution in [2.75, 3.05) is 85.2 Å². The summed E-state index contributed by atoms with van der Waals surface area (Å²) < 4.78 is 5.70. The number of hydrogen-bond donors (Lipinski definition) is 1. The average molecular weight is 577 g/mol. The largest absolute Gasteiger partial charge is 0.381 e. The van der Waals surface area contributed by atoms with E-state index in [-0.39, 0.29) is 29.5 Å². The molecule has 9 heteroatoms. The monoisotopic (exact) mass is 576 g/mol. The van der Waals surface area contributed by atoms with Gasteiger partial charge in [-0.15, -0.1) is 24.0 Å². The van der Waals surface area contributed by atoms with E-state index in [1.807, 2.05) is 0 Å². The molecule has 0 spiro atoms. The number of guanidine groups is 1. The summed E-state index contributed by atoms with van der Waals surface area (Å²) in [5.74, 6) is 1.35. The minimum absolute atomic E-state index is 0. The third kappa shape index (κ3) is 7.18. The number of piperazine rings is 1. The fourth-order valence-electron chi connectivity index (χ4n) is 5.72. The van der Waals surface area contributed by atoms with Crippen LogP contribution >= 0.6 is 24.0 Å². The van der Waals surface area contributed by atoms with Crippen LogP contribution in [0.1, 0.15) is 51.9 Å². The third-order valence-electron chi connectivity index (χ3n) is 7.80. The van der Waals surface area contributed by atoms with Gasteiger partial charge in [0, 0.05) is 64.6 Å².